The average Bonchev–Trinajstić information content (AvgIpc) is 3.18. The Morgan fingerprint density at radius 1 is 1.21 bits per heavy atom. The Bertz CT molecular complexity index is 854. The number of halogens is 1. The van der Waals surface area contributed by atoms with Crippen molar-refractivity contribution in [3.05, 3.63) is 29.1 Å². The number of pyridine rings is 1. The summed E-state index contributed by atoms with van der Waals surface area (Å²) in [5.41, 5.74) is 1.76. The van der Waals surface area contributed by atoms with Gasteiger partial charge in [0.25, 0.3) is 0 Å². The number of nitrogens with zero attached hydrogens (tertiary/aromatic N) is 5. The monoisotopic (exact) mass is 399 g/mol. The van der Waals surface area contributed by atoms with Crippen molar-refractivity contribution in [1.82, 2.24) is 9.88 Å². The Morgan fingerprint density at radius 2 is 2.00 bits per heavy atom. The molecule has 0 saturated carbocycles. The number of anilines is 1. The lowest BCUT2D eigenvalue weighted by atomic mass is 9.98. The summed E-state index contributed by atoms with van der Waals surface area (Å²) >= 11 is 6.17. The van der Waals surface area contributed by atoms with Gasteiger partial charge in [-0.3, -0.25) is 9.79 Å². The van der Waals surface area contributed by atoms with E-state index in [1.54, 1.807) is 12.4 Å². The van der Waals surface area contributed by atoms with Crippen LogP contribution in [-0.4, -0.2) is 60.7 Å². The summed E-state index contributed by atoms with van der Waals surface area (Å²) in [6.07, 6.45) is 6.03. The third-order valence-corrected chi connectivity index (χ3v) is 5.86. The minimum absolute atomic E-state index is 0.0190. The number of aliphatic imine (C=N–C) groups is 1. The van der Waals surface area contributed by atoms with Crippen LogP contribution in [0.3, 0.4) is 0 Å². The second-order valence-corrected chi connectivity index (χ2v) is 7.69. The molecular formula is C20H22ClN5O2. The molecule has 4 rings (SSSR count). The van der Waals surface area contributed by atoms with Gasteiger partial charge in [-0.25, -0.2) is 4.98 Å². The molecular weight excluding hydrogens is 378 g/mol. The minimum Gasteiger partial charge on any atom is -0.472 e. The van der Waals surface area contributed by atoms with E-state index in [-0.39, 0.29) is 29.4 Å². The van der Waals surface area contributed by atoms with Crippen LogP contribution in [0.25, 0.3) is 0 Å². The first kappa shape index (κ1) is 18.8. The summed E-state index contributed by atoms with van der Waals surface area (Å²) in [4.78, 5) is 24.5. The molecule has 2 saturated heterocycles. The van der Waals surface area contributed by atoms with Crippen LogP contribution < -0.4 is 9.64 Å². The van der Waals surface area contributed by atoms with Crippen molar-refractivity contribution in [1.29, 1.82) is 5.26 Å². The number of likely N-dealkylation sites (tertiary alicyclic amines) is 1. The van der Waals surface area contributed by atoms with E-state index in [0.29, 0.717) is 18.1 Å². The van der Waals surface area contributed by atoms with Crippen molar-refractivity contribution >= 4 is 29.3 Å². The van der Waals surface area contributed by atoms with Gasteiger partial charge in [-0.05, 0) is 18.9 Å². The number of carbonyl (C=O) groups excluding carboxylic acids is 1. The normalized spacial score (nSPS) is 23.3. The summed E-state index contributed by atoms with van der Waals surface area (Å²) < 4.78 is 6.11. The second-order valence-electron chi connectivity index (χ2n) is 7.31. The summed E-state index contributed by atoms with van der Waals surface area (Å²) in [7, 11) is 0. The Kier molecular flexibility index (Phi) is 5.49. The molecule has 2 fully saturated rings. The number of Topliss-reactive ketones (excluding diaryl/α,β-unsaturated/α-hetero) is 1. The average molecular weight is 400 g/mol. The number of dihydropyridines is 1. The highest BCUT2D eigenvalue weighted by molar-refractivity contribution is 6.44. The van der Waals surface area contributed by atoms with Crippen LogP contribution in [0.15, 0.2) is 34.1 Å². The lowest BCUT2D eigenvalue weighted by Crippen LogP contribution is -2.33. The van der Waals surface area contributed by atoms with Crippen molar-refractivity contribution in [2.75, 3.05) is 37.6 Å². The van der Waals surface area contributed by atoms with Gasteiger partial charge in [-0.2, -0.15) is 5.26 Å². The molecule has 0 unspecified atom stereocenters. The van der Waals surface area contributed by atoms with E-state index in [4.69, 9.17) is 21.6 Å². The van der Waals surface area contributed by atoms with Crippen LogP contribution in [0.4, 0.5) is 5.69 Å². The SMILES string of the molecule is N#CC1CCN(c2ccnc(O[C@@H]3CCN(C4=C(Cl)C(=O)CN=C4)C3)c2)CC1. The summed E-state index contributed by atoms with van der Waals surface area (Å²) in [5.74, 6) is 0.618. The smallest absolute Gasteiger partial charge is 0.215 e. The number of hydrogen-bond donors (Lipinski definition) is 0. The van der Waals surface area contributed by atoms with Gasteiger partial charge in [0, 0.05) is 56.1 Å². The molecule has 146 valence electrons. The van der Waals surface area contributed by atoms with E-state index in [1.807, 2.05) is 17.0 Å². The van der Waals surface area contributed by atoms with Crippen molar-refractivity contribution in [3.63, 3.8) is 0 Å². The fourth-order valence-corrected chi connectivity index (χ4v) is 4.07. The first-order valence-corrected chi connectivity index (χ1v) is 9.97. The number of ether oxygens (including phenoxy) is 1. The van der Waals surface area contributed by atoms with Crippen molar-refractivity contribution in [2.24, 2.45) is 10.9 Å². The van der Waals surface area contributed by atoms with Crippen LogP contribution in [0, 0.1) is 17.2 Å². The molecule has 1 aromatic heterocycles. The lowest BCUT2D eigenvalue weighted by molar-refractivity contribution is -0.113. The van der Waals surface area contributed by atoms with E-state index in [0.717, 1.165) is 44.6 Å². The Labute approximate surface area is 169 Å². The van der Waals surface area contributed by atoms with Gasteiger partial charge in [-0.1, -0.05) is 11.6 Å². The zero-order valence-electron chi connectivity index (χ0n) is 15.6. The zero-order chi connectivity index (χ0) is 19.5. The fraction of sp³-hybridized carbons (Fsp3) is 0.500. The number of aromatic nitrogens is 1. The van der Waals surface area contributed by atoms with E-state index in [9.17, 15) is 4.79 Å². The van der Waals surface area contributed by atoms with Gasteiger partial charge in [0.05, 0.1) is 18.3 Å². The molecule has 0 spiro atoms. The molecule has 0 aliphatic carbocycles. The predicted molar refractivity (Wildman–Crippen MR) is 107 cm³/mol. The fourth-order valence-electron chi connectivity index (χ4n) is 3.85. The van der Waals surface area contributed by atoms with Crippen LogP contribution >= 0.6 is 11.6 Å². The first-order valence-electron chi connectivity index (χ1n) is 9.59. The van der Waals surface area contributed by atoms with Crippen molar-refractivity contribution in [2.45, 2.75) is 25.4 Å². The summed E-state index contributed by atoms with van der Waals surface area (Å²) in [6.45, 7) is 3.28. The zero-order valence-corrected chi connectivity index (χ0v) is 16.3. The molecule has 0 radical (unpaired) electrons. The molecule has 3 aliphatic rings. The van der Waals surface area contributed by atoms with Crippen molar-refractivity contribution in [3.8, 4) is 11.9 Å². The maximum absolute atomic E-state index is 11.8. The Morgan fingerprint density at radius 3 is 2.79 bits per heavy atom. The van der Waals surface area contributed by atoms with Gasteiger partial charge in [0.15, 0.2) is 5.78 Å². The highest BCUT2D eigenvalue weighted by atomic mass is 35.5. The highest BCUT2D eigenvalue weighted by Crippen LogP contribution is 2.27. The maximum atomic E-state index is 11.8. The number of piperidine rings is 1. The number of ketones is 1. The topological polar surface area (TPSA) is 81.8 Å². The number of nitriles is 1. The largest absolute Gasteiger partial charge is 0.472 e. The molecule has 0 N–H and O–H groups in total. The first-order chi connectivity index (χ1) is 13.6. The number of carbonyl (C=O) groups is 1. The van der Waals surface area contributed by atoms with E-state index >= 15 is 0 Å². The van der Waals surface area contributed by atoms with Gasteiger partial charge in [0.1, 0.15) is 17.7 Å². The molecule has 4 heterocycles. The van der Waals surface area contributed by atoms with E-state index < -0.39 is 0 Å². The minimum atomic E-state index is -0.141. The molecule has 1 aromatic rings. The van der Waals surface area contributed by atoms with E-state index in [1.165, 1.54) is 0 Å². The van der Waals surface area contributed by atoms with Crippen molar-refractivity contribution < 1.29 is 9.53 Å². The molecule has 7 nitrogen and oxygen atoms in total. The van der Waals surface area contributed by atoms with Gasteiger partial charge in [0.2, 0.25) is 5.88 Å². The Hall–Kier alpha value is -2.59. The van der Waals surface area contributed by atoms with Crippen LogP contribution in [0.2, 0.25) is 0 Å². The van der Waals surface area contributed by atoms with Crippen LogP contribution in [0.1, 0.15) is 19.3 Å². The Balaban J connectivity index is 1.38. The molecule has 0 aromatic carbocycles. The van der Waals surface area contributed by atoms with Crippen LogP contribution in [0.5, 0.6) is 5.88 Å². The molecule has 8 heteroatoms. The second kappa shape index (κ2) is 8.19. The third kappa shape index (κ3) is 3.97. The summed E-state index contributed by atoms with van der Waals surface area (Å²) in [5, 5.41) is 9.32. The van der Waals surface area contributed by atoms with Gasteiger partial charge >= 0.3 is 0 Å². The standard InChI is InChI=1S/C20H22ClN5O2/c21-20-17(11-23-12-18(20)27)26-8-4-16(13-26)28-19-9-15(1-5-24-19)25-6-2-14(10-22)3-7-25/h1,5,9,11,14,16H,2-4,6-8,12-13H2/t16-/m1/s1. The van der Waals surface area contributed by atoms with E-state index in [2.05, 4.69) is 20.9 Å². The number of allylic oxidation sites excluding steroid dienone is 1. The highest BCUT2D eigenvalue weighted by Gasteiger charge is 2.29. The molecule has 3 aliphatic heterocycles. The third-order valence-electron chi connectivity index (χ3n) is 5.45. The molecule has 0 amide bonds. The maximum Gasteiger partial charge on any atom is 0.215 e. The molecule has 0 bridgehead atoms. The molecule has 28 heavy (non-hydrogen) atoms. The number of hydrogen-bond acceptors (Lipinski definition) is 7. The lowest BCUT2D eigenvalue weighted by Gasteiger charge is -2.31. The van der Waals surface area contributed by atoms with Gasteiger partial charge < -0.3 is 14.5 Å². The molecule has 1 atom stereocenters. The number of rotatable bonds is 4. The quantitative estimate of drug-likeness (QED) is 0.773. The van der Waals surface area contributed by atoms with Gasteiger partial charge in [-0.15, -0.1) is 0 Å². The predicted octanol–water partition coefficient (Wildman–Crippen LogP) is 2.38. The summed E-state index contributed by atoms with van der Waals surface area (Å²) in [6, 6.07) is 6.31. The van der Waals surface area contributed by atoms with Crippen LogP contribution in [-0.2, 0) is 4.79 Å².